The molecule has 2 nitrogen and oxygen atoms in total. The average molecular weight is 292 g/mol. The molecule has 0 saturated heterocycles. The smallest absolute Gasteiger partial charge is 0.157 e. The quantitative estimate of drug-likeness (QED) is 0.886. The molecule has 108 valence electrons. The lowest BCUT2D eigenvalue weighted by Crippen LogP contribution is -2.35. The van der Waals surface area contributed by atoms with E-state index >= 15 is 0 Å². The van der Waals surface area contributed by atoms with E-state index in [-0.39, 0.29) is 11.9 Å². The van der Waals surface area contributed by atoms with Gasteiger partial charge in [0.05, 0.1) is 12.1 Å². The van der Waals surface area contributed by atoms with Crippen LogP contribution in [0, 0.1) is 11.7 Å². The summed E-state index contributed by atoms with van der Waals surface area (Å²) in [7, 11) is 0. The van der Waals surface area contributed by atoms with Crippen molar-refractivity contribution < 1.29 is 4.39 Å². The largest absolute Gasteiger partial charge is 0.358 e. The van der Waals surface area contributed by atoms with Crippen molar-refractivity contribution in [3.05, 3.63) is 35.6 Å². The highest BCUT2D eigenvalue weighted by Gasteiger charge is 2.29. The van der Waals surface area contributed by atoms with Crippen LogP contribution in [0.2, 0.25) is 0 Å². The molecule has 0 aromatic heterocycles. The minimum Gasteiger partial charge on any atom is -0.358 e. The zero-order valence-electron chi connectivity index (χ0n) is 11.8. The number of thioether (sulfide) groups is 1. The van der Waals surface area contributed by atoms with Crippen molar-refractivity contribution in [1.29, 1.82) is 0 Å². The molecule has 4 heteroatoms. The van der Waals surface area contributed by atoms with Gasteiger partial charge in [-0.25, -0.2) is 4.39 Å². The van der Waals surface area contributed by atoms with E-state index in [9.17, 15) is 4.39 Å². The van der Waals surface area contributed by atoms with Gasteiger partial charge >= 0.3 is 0 Å². The van der Waals surface area contributed by atoms with Crippen LogP contribution in [0.1, 0.15) is 44.2 Å². The van der Waals surface area contributed by atoms with Crippen molar-refractivity contribution in [2.75, 3.05) is 5.75 Å². The van der Waals surface area contributed by atoms with Crippen LogP contribution in [0.15, 0.2) is 29.3 Å². The van der Waals surface area contributed by atoms with Crippen molar-refractivity contribution in [2.24, 2.45) is 10.9 Å². The van der Waals surface area contributed by atoms with Gasteiger partial charge in [0.25, 0.3) is 0 Å². The predicted octanol–water partition coefficient (Wildman–Crippen LogP) is 4.14. The van der Waals surface area contributed by atoms with Gasteiger partial charge in [-0.3, -0.25) is 4.99 Å². The van der Waals surface area contributed by atoms with Crippen molar-refractivity contribution in [3.8, 4) is 0 Å². The number of fused-ring (bicyclic) bond motifs is 1. The number of nitrogens with zero attached hydrogens (tertiary/aromatic N) is 1. The normalized spacial score (nSPS) is 27.4. The Hall–Kier alpha value is -1.03. The molecular formula is C16H21FN2S. The molecule has 1 aromatic carbocycles. The number of amidine groups is 1. The van der Waals surface area contributed by atoms with Gasteiger partial charge in [-0.1, -0.05) is 36.7 Å². The predicted molar refractivity (Wildman–Crippen MR) is 83.6 cm³/mol. The first kappa shape index (κ1) is 13.9. The third-order valence-electron chi connectivity index (χ3n) is 4.27. The highest BCUT2D eigenvalue weighted by Crippen LogP contribution is 2.34. The SMILES string of the molecule is CC(NC1=NC2CCCCC2CS1)c1cccc(F)c1. The lowest BCUT2D eigenvalue weighted by Gasteiger charge is -2.33. The standard InChI is InChI=1S/C16H21FN2S/c1-11(12-6-4-7-14(17)9-12)18-16-19-15-8-3-2-5-13(15)10-20-16/h4,6-7,9,11,13,15H,2-3,5,8,10H2,1H3,(H,18,19). The van der Waals surface area contributed by atoms with E-state index in [4.69, 9.17) is 4.99 Å². The summed E-state index contributed by atoms with van der Waals surface area (Å²) in [6, 6.07) is 7.39. The first-order chi connectivity index (χ1) is 9.72. The number of rotatable bonds is 2. The van der Waals surface area contributed by atoms with Gasteiger partial charge in [-0.15, -0.1) is 0 Å². The maximum absolute atomic E-state index is 13.3. The molecule has 1 N–H and O–H groups in total. The van der Waals surface area contributed by atoms with Crippen LogP contribution in [0.5, 0.6) is 0 Å². The molecule has 1 heterocycles. The number of halogens is 1. The van der Waals surface area contributed by atoms with E-state index in [0.717, 1.165) is 16.6 Å². The van der Waals surface area contributed by atoms with E-state index in [0.29, 0.717) is 6.04 Å². The van der Waals surface area contributed by atoms with Crippen LogP contribution in [0.3, 0.4) is 0 Å². The molecular weight excluding hydrogens is 271 g/mol. The van der Waals surface area contributed by atoms with Crippen molar-refractivity contribution in [3.63, 3.8) is 0 Å². The van der Waals surface area contributed by atoms with Crippen molar-refractivity contribution in [1.82, 2.24) is 5.32 Å². The molecule has 0 spiro atoms. The molecule has 3 rings (SSSR count). The Morgan fingerprint density at radius 1 is 1.35 bits per heavy atom. The monoisotopic (exact) mass is 292 g/mol. The lowest BCUT2D eigenvalue weighted by molar-refractivity contribution is 0.335. The molecule has 2 aliphatic rings. The number of benzene rings is 1. The number of nitrogens with one attached hydrogen (secondary N) is 1. The minimum atomic E-state index is -0.179. The topological polar surface area (TPSA) is 24.4 Å². The lowest BCUT2D eigenvalue weighted by atomic mass is 9.86. The molecule has 1 aromatic rings. The van der Waals surface area contributed by atoms with E-state index in [1.807, 2.05) is 17.8 Å². The van der Waals surface area contributed by atoms with E-state index in [1.54, 1.807) is 12.1 Å². The van der Waals surface area contributed by atoms with Gasteiger partial charge in [-0.2, -0.15) is 0 Å². The zero-order valence-corrected chi connectivity index (χ0v) is 12.6. The molecule has 20 heavy (non-hydrogen) atoms. The van der Waals surface area contributed by atoms with E-state index < -0.39 is 0 Å². The van der Waals surface area contributed by atoms with Crippen LogP contribution < -0.4 is 5.32 Å². The number of hydrogen-bond acceptors (Lipinski definition) is 3. The molecule has 1 saturated carbocycles. The summed E-state index contributed by atoms with van der Waals surface area (Å²) < 4.78 is 13.3. The Balaban J connectivity index is 1.67. The Bertz CT molecular complexity index is 503. The van der Waals surface area contributed by atoms with Gasteiger partial charge in [-0.05, 0) is 43.4 Å². The van der Waals surface area contributed by atoms with Crippen LogP contribution in [0.4, 0.5) is 4.39 Å². The molecule has 0 radical (unpaired) electrons. The summed E-state index contributed by atoms with van der Waals surface area (Å²) in [6.07, 6.45) is 5.22. The Morgan fingerprint density at radius 2 is 2.20 bits per heavy atom. The fourth-order valence-electron chi connectivity index (χ4n) is 3.05. The Morgan fingerprint density at radius 3 is 3.05 bits per heavy atom. The van der Waals surface area contributed by atoms with Gasteiger partial charge in [0.1, 0.15) is 5.82 Å². The highest BCUT2D eigenvalue weighted by molar-refractivity contribution is 8.13. The maximum Gasteiger partial charge on any atom is 0.157 e. The second-order valence-electron chi connectivity index (χ2n) is 5.78. The summed E-state index contributed by atoms with van der Waals surface area (Å²) in [5.41, 5.74) is 0.971. The molecule has 0 amide bonds. The first-order valence-corrected chi connectivity index (χ1v) is 8.43. The Kier molecular flexibility index (Phi) is 4.29. The zero-order chi connectivity index (χ0) is 13.9. The van der Waals surface area contributed by atoms with E-state index in [1.165, 1.54) is 37.5 Å². The fraction of sp³-hybridized carbons (Fsp3) is 0.562. The molecule has 1 fully saturated rings. The molecule has 1 aliphatic heterocycles. The second kappa shape index (κ2) is 6.17. The summed E-state index contributed by atoms with van der Waals surface area (Å²) in [6.45, 7) is 2.06. The van der Waals surface area contributed by atoms with Crippen LogP contribution in [-0.2, 0) is 0 Å². The highest BCUT2D eigenvalue weighted by atomic mass is 32.2. The van der Waals surface area contributed by atoms with Crippen LogP contribution >= 0.6 is 11.8 Å². The maximum atomic E-state index is 13.3. The Labute approximate surface area is 124 Å². The average Bonchev–Trinajstić information content (AvgIpc) is 2.47. The molecule has 1 aliphatic carbocycles. The summed E-state index contributed by atoms with van der Waals surface area (Å²) in [4.78, 5) is 4.87. The third-order valence-corrected chi connectivity index (χ3v) is 5.37. The third kappa shape index (κ3) is 3.17. The molecule has 3 atom stereocenters. The summed E-state index contributed by atoms with van der Waals surface area (Å²) in [5.74, 6) is 1.76. The summed E-state index contributed by atoms with van der Waals surface area (Å²) in [5, 5.41) is 4.47. The van der Waals surface area contributed by atoms with Crippen molar-refractivity contribution in [2.45, 2.75) is 44.7 Å². The second-order valence-corrected chi connectivity index (χ2v) is 6.79. The van der Waals surface area contributed by atoms with Gasteiger partial charge < -0.3 is 5.32 Å². The van der Waals surface area contributed by atoms with Crippen LogP contribution in [-0.4, -0.2) is 17.0 Å². The number of aliphatic imine (C=N–C) groups is 1. The fourth-order valence-corrected chi connectivity index (χ4v) is 4.28. The first-order valence-electron chi connectivity index (χ1n) is 7.45. The van der Waals surface area contributed by atoms with Gasteiger partial charge in [0, 0.05) is 5.75 Å². The van der Waals surface area contributed by atoms with Crippen molar-refractivity contribution >= 4 is 16.9 Å². The van der Waals surface area contributed by atoms with E-state index in [2.05, 4.69) is 12.2 Å². The van der Waals surface area contributed by atoms with Crippen LogP contribution in [0.25, 0.3) is 0 Å². The molecule has 0 bridgehead atoms. The minimum absolute atomic E-state index is 0.0945. The van der Waals surface area contributed by atoms with Gasteiger partial charge in [0.2, 0.25) is 0 Å². The van der Waals surface area contributed by atoms with Gasteiger partial charge in [0.15, 0.2) is 5.17 Å². The molecule has 3 unspecified atom stereocenters. The summed E-state index contributed by atoms with van der Waals surface area (Å²) >= 11 is 1.82. The number of hydrogen-bond donors (Lipinski definition) is 1.